The summed E-state index contributed by atoms with van der Waals surface area (Å²) < 4.78 is 13.0. The molecule has 0 bridgehead atoms. The summed E-state index contributed by atoms with van der Waals surface area (Å²) in [6.45, 7) is 1.85. The molecule has 94 valence electrons. The maximum absolute atomic E-state index is 13.0. The Hall–Kier alpha value is -1.13. The second kappa shape index (κ2) is 5.98. The van der Waals surface area contributed by atoms with E-state index in [2.05, 4.69) is 0 Å². The van der Waals surface area contributed by atoms with E-state index in [0.29, 0.717) is 18.5 Å². The summed E-state index contributed by atoms with van der Waals surface area (Å²) in [7, 11) is 1.63. The van der Waals surface area contributed by atoms with E-state index in [9.17, 15) is 9.18 Å². The van der Waals surface area contributed by atoms with Crippen molar-refractivity contribution in [3.05, 3.63) is 29.0 Å². The second-order valence-electron chi connectivity index (χ2n) is 4.07. The van der Waals surface area contributed by atoms with Gasteiger partial charge in [-0.2, -0.15) is 0 Å². The minimum Gasteiger partial charge on any atom is -0.328 e. The Morgan fingerprint density at radius 3 is 2.76 bits per heavy atom. The van der Waals surface area contributed by atoms with Gasteiger partial charge in [0.2, 0.25) is 5.91 Å². The fourth-order valence-corrected chi connectivity index (χ4v) is 1.53. The predicted molar refractivity (Wildman–Crippen MR) is 67.7 cm³/mol. The topological polar surface area (TPSA) is 46.3 Å². The Labute approximate surface area is 105 Å². The molecule has 2 N–H and O–H groups in total. The van der Waals surface area contributed by atoms with Gasteiger partial charge in [0, 0.05) is 25.2 Å². The summed E-state index contributed by atoms with van der Waals surface area (Å²) in [6, 6.07) is 4.18. The van der Waals surface area contributed by atoms with Crippen LogP contribution in [0.4, 0.5) is 10.1 Å². The standard InChI is InChI=1S/C12H16ClFN2O/c1-8(15)3-6-12(17)16(2)9-4-5-11(14)10(13)7-9/h4-5,7-8H,3,6,15H2,1-2H3. The molecule has 1 unspecified atom stereocenters. The number of nitrogens with two attached hydrogens (primary N) is 1. The Morgan fingerprint density at radius 1 is 1.59 bits per heavy atom. The van der Waals surface area contributed by atoms with Crippen molar-refractivity contribution in [3.63, 3.8) is 0 Å². The smallest absolute Gasteiger partial charge is 0.226 e. The maximum Gasteiger partial charge on any atom is 0.226 e. The summed E-state index contributed by atoms with van der Waals surface area (Å²) in [4.78, 5) is 13.2. The molecular formula is C12H16ClFN2O. The van der Waals surface area contributed by atoms with Gasteiger partial charge in [0.15, 0.2) is 0 Å². The Morgan fingerprint density at radius 2 is 2.24 bits per heavy atom. The van der Waals surface area contributed by atoms with Crippen molar-refractivity contribution in [2.45, 2.75) is 25.8 Å². The Bertz CT molecular complexity index is 409. The number of rotatable bonds is 4. The van der Waals surface area contributed by atoms with Crippen LogP contribution >= 0.6 is 11.6 Å². The van der Waals surface area contributed by atoms with Crippen molar-refractivity contribution >= 4 is 23.2 Å². The number of benzene rings is 1. The average molecular weight is 259 g/mol. The second-order valence-corrected chi connectivity index (χ2v) is 4.47. The zero-order valence-corrected chi connectivity index (χ0v) is 10.7. The van der Waals surface area contributed by atoms with Crippen molar-refractivity contribution in [1.82, 2.24) is 0 Å². The first-order valence-corrected chi connectivity index (χ1v) is 5.76. The highest BCUT2D eigenvalue weighted by Crippen LogP contribution is 2.22. The average Bonchev–Trinajstić information content (AvgIpc) is 2.28. The van der Waals surface area contributed by atoms with Gasteiger partial charge in [-0.05, 0) is 31.5 Å². The van der Waals surface area contributed by atoms with Crippen molar-refractivity contribution in [3.8, 4) is 0 Å². The van der Waals surface area contributed by atoms with Crippen LogP contribution in [0.5, 0.6) is 0 Å². The van der Waals surface area contributed by atoms with Crippen LogP contribution in [0.3, 0.4) is 0 Å². The molecule has 0 aromatic heterocycles. The molecule has 3 nitrogen and oxygen atoms in total. The van der Waals surface area contributed by atoms with E-state index in [0.717, 1.165) is 0 Å². The molecule has 0 saturated carbocycles. The van der Waals surface area contributed by atoms with Crippen LogP contribution in [0.2, 0.25) is 5.02 Å². The zero-order valence-electron chi connectivity index (χ0n) is 9.91. The normalized spacial score (nSPS) is 12.3. The summed E-state index contributed by atoms with van der Waals surface area (Å²) in [5, 5.41) is 0.00865. The lowest BCUT2D eigenvalue weighted by atomic mass is 10.2. The highest BCUT2D eigenvalue weighted by molar-refractivity contribution is 6.31. The molecule has 0 radical (unpaired) electrons. The van der Waals surface area contributed by atoms with Crippen molar-refractivity contribution in [1.29, 1.82) is 0 Å². The molecule has 1 aromatic carbocycles. The van der Waals surface area contributed by atoms with Gasteiger partial charge in [-0.1, -0.05) is 11.6 Å². The Balaban J connectivity index is 2.71. The third kappa shape index (κ3) is 3.98. The lowest BCUT2D eigenvalue weighted by molar-refractivity contribution is -0.118. The molecule has 0 saturated heterocycles. The number of hydrogen-bond donors (Lipinski definition) is 1. The molecule has 0 aliphatic rings. The number of carbonyl (C=O) groups excluding carboxylic acids is 1. The van der Waals surface area contributed by atoms with E-state index in [-0.39, 0.29) is 17.0 Å². The molecule has 0 fully saturated rings. The van der Waals surface area contributed by atoms with Gasteiger partial charge in [0.25, 0.3) is 0 Å². The van der Waals surface area contributed by atoms with Gasteiger partial charge in [0.05, 0.1) is 5.02 Å². The quantitative estimate of drug-likeness (QED) is 0.902. The monoisotopic (exact) mass is 258 g/mol. The highest BCUT2D eigenvalue weighted by atomic mass is 35.5. The molecule has 1 amide bonds. The lowest BCUT2D eigenvalue weighted by Gasteiger charge is -2.18. The molecule has 5 heteroatoms. The number of hydrogen-bond acceptors (Lipinski definition) is 2. The van der Waals surface area contributed by atoms with E-state index >= 15 is 0 Å². The first kappa shape index (κ1) is 13.9. The molecule has 0 heterocycles. The van der Waals surface area contributed by atoms with Gasteiger partial charge in [-0.3, -0.25) is 4.79 Å². The van der Waals surface area contributed by atoms with Crippen LogP contribution in [0.15, 0.2) is 18.2 Å². The molecule has 0 aliphatic heterocycles. The first-order chi connectivity index (χ1) is 7.91. The zero-order chi connectivity index (χ0) is 13.0. The molecule has 1 atom stereocenters. The fourth-order valence-electron chi connectivity index (χ4n) is 1.36. The van der Waals surface area contributed by atoms with Crippen LogP contribution in [0.25, 0.3) is 0 Å². The molecule has 1 aromatic rings. The fraction of sp³-hybridized carbons (Fsp3) is 0.417. The Kier molecular flexibility index (Phi) is 4.90. The molecular weight excluding hydrogens is 243 g/mol. The van der Waals surface area contributed by atoms with E-state index in [1.165, 1.54) is 23.1 Å². The third-order valence-corrected chi connectivity index (χ3v) is 2.77. The third-order valence-electron chi connectivity index (χ3n) is 2.48. The minimum atomic E-state index is -0.494. The first-order valence-electron chi connectivity index (χ1n) is 5.39. The largest absolute Gasteiger partial charge is 0.328 e. The minimum absolute atomic E-state index is 0.00865. The summed E-state index contributed by atoms with van der Waals surface area (Å²) in [5.41, 5.74) is 6.16. The van der Waals surface area contributed by atoms with Crippen LogP contribution in [-0.2, 0) is 4.79 Å². The van der Waals surface area contributed by atoms with Crippen LogP contribution in [-0.4, -0.2) is 19.0 Å². The van der Waals surface area contributed by atoms with Gasteiger partial charge >= 0.3 is 0 Å². The van der Waals surface area contributed by atoms with Crippen molar-refractivity contribution in [2.24, 2.45) is 5.73 Å². The number of halogens is 2. The van der Waals surface area contributed by atoms with E-state index in [1.807, 2.05) is 6.92 Å². The highest BCUT2D eigenvalue weighted by Gasteiger charge is 2.12. The van der Waals surface area contributed by atoms with Crippen LogP contribution in [0.1, 0.15) is 19.8 Å². The summed E-state index contributed by atoms with van der Waals surface area (Å²) in [5.74, 6) is -0.558. The van der Waals surface area contributed by atoms with Crippen molar-refractivity contribution in [2.75, 3.05) is 11.9 Å². The SMILES string of the molecule is CC(N)CCC(=O)N(C)c1ccc(F)c(Cl)c1. The number of carbonyl (C=O) groups is 1. The van der Waals surface area contributed by atoms with Gasteiger partial charge in [-0.15, -0.1) is 0 Å². The van der Waals surface area contributed by atoms with Crippen LogP contribution < -0.4 is 10.6 Å². The van der Waals surface area contributed by atoms with Crippen LogP contribution in [0, 0.1) is 5.82 Å². The number of nitrogens with zero attached hydrogens (tertiary/aromatic N) is 1. The van der Waals surface area contributed by atoms with E-state index < -0.39 is 5.82 Å². The summed E-state index contributed by atoms with van der Waals surface area (Å²) >= 11 is 5.66. The number of amides is 1. The number of anilines is 1. The summed E-state index contributed by atoms with van der Waals surface area (Å²) in [6.07, 6.45) is 0.987. The van der Waals surface area contributed by atoms with E-state index in [4.69, 9.17) is 17.3 Å². The van der Waals surface area contributed by atoms with Crippen molar-refractivity contribution < 1.29 is 9.18 Å². The van der Waals surface area contributed by atoms with Gasteiger partial charge < -0.3 is 10.6 Å². The molecule has 0 aliphatic carbocycles. The predicted octanol–water partition coefficient (Wildman–Crippen LogP) is 2.57. The van der Waals surface area contributed by atoms with E-state index in [1.54, 1.807) is 7.05 Å². The van der Waals surface area contributed by atoms with Gasteiger partial charge in [-0.25, -0.2) is 4.39 Å². The molecule has 17 heavy (non-hydrogen) atoms. The lowest BCUT2D eigenvalue weighted by Crippen LogP contribution is -2.28. The maximum atomic E-state index is 13.0. The molecule has 1 rings (SSSR count). The van der Waals surface area contributed by atoms with Gasteiger partial charge in [0.1, 0.15) is 5.82 Å². The molecule has 0 spiro atoms.